The molecule has 0 spiro atoms. The number of nitrogens with zero attached hydrogens (tertiary/aromatic N) is 3. The van der Waals surface area contributed by atoms with Crippen LogP contribution in [-0.4, -0.2) is 26.5 Å². The summed E-state index contributed by atoms with van der Waals surface area (Å²) in [4.78, 5) is 40.3. The number of ether oxygens (including phenoxy) is 1. The maximum absolute atomic E-state index is 12.3. The second-order valence-electron chi connectivity index (χ2n) is 6.10. The van der Waals surface area contributed by atoms with E-state index in [-0.39, 0.29) is 24.5 Å². The van der Waals surface area contributed by atoms with Crippen LogP contribution in [0.2, 0.25) is 5.02 Å². The van der Waals surface area contributed by atoms with E-state index in [9.17, 15) is 14.4 Å². The van der Waals surface area contributed by atoms with Crippen molar-refractivity contribution in [3.63, 3.8) is 0 Å². The number of rotatable bonds is 6. The molecule has 0 saturated carbocycles. The van der Waals surface area contributed by atoms with E-state index in [1.54, 1.807) is 31.2 Å². The number of halogens is 1. The van der Waals surface area contributed by atoms with E-state index >= 15 is 0 Å². The molecular weight excluding hydrogens is 404 g/mol. The summed E-state index contributed by atoms with van der Waals surface area (Å²) in [5, 5.41) is 7.86. The van der Waals surface area contributed by atoms with Gasteiger partial charge in [0.15, 0.2) is 5.01 Å². The number of carbonyl (C=O) groups is 2. The molecule has 1 aromatic carbocycles. The number of esters is 1. The van der Waals surface area contributed by atoms with Crippen molar-refractivity contribution in [2.45, 2.75) is 32.9 Å². The molecule has 1 atom stereocenters. The first-order valence-corrected chi connectivity index (χ1v) is 9.56. The number of aromatic nitrogens is 3. The zero-order valence-corrected chi connectivity index (χ0v) is 16.7. The number of carbonyl (C=O) groups excluding carboxylic acids is 2. The highest BCUT2D eigenvalue weighted by Crippen LogP contribution is 2.21. The second kappa shape index (κ2) is 8.49. The Kier molecular flexibility index (Phi) is 6.05. The van der Waals surface area contributed by atoms with Crippen LogP contribution >= 0.6 is 22.9 Å². The predicted molar refractivity (Wildman–Crippen MR) is 104 cm³/mol. The van der Waals surface area contributed by atoms with Gasteiger partial charge in [0.1, 0.15) is 6.61 Å². The van der Waals surface area contributed by atoms with Gasteiger partial charge < -0.3 is 10.1 Å². The lowest BCUT2D eigenvalue weighted by Gasteiger charge is -2.17. The highest BCUT2D eigenvalue weighted by Gasteiger charge is 2.19. The van der Waals surface area contributed by atoms with E-state index in [2.05, 4.69) is 15.4 Å². The molecular formula is C18H17ClN4O4S. The van der Waals surface area contributed by atoms with Crippen molar-refractivity contribution in [2.75, 3.05) is 0 Å². The van der Waals surface area contributed by atoms with Gasteiger partial charge >= 0.3 is 5.97 Å². The van der Waals surface area contributed by atoms with Gasteiger partial charge in [-0.2, -0.15) is 9.61 Å². The molecule has 1 unspecified atom stereocenters. The first-order valence-electron chi connectivity index (χ1n) is 8.36. The summed E-state index contributed by atoms with van der Waals surface area (Å²) in [5.41, 5.74) is 1.05. The first-order chi connectivity index (χ1) is 13.3. The molecule has 2 aromatic heterocycles. The topological polar surface area (TPSA) is 103 Å². The Morgan fingerprint density at radius 1 is 1.32 bits per heavy atom. The third-order valence-corrected chi connectivity index (χ3v) is 4.93. The van der Waals surface area contributed by atoms with Gasteiger partial charge in [0.05, 0.1) is 12.5 Å². The molecule has 0 saturated heterocycles. The summed E-state index contributed by atoms with van der Waals surface area (Å²) < 4.78 is 6.45. The molecule has 0 radical (unpaired) electrons. The molecule has 10 heteroatoms. The van der Waals surface area contributed by atoms with Crippen molar-refractivity contribution in [1.82, 2.24) is 19.9 Å². The van der Waals surface area contributed by atoms with Crippen molar-refractivity contribution >= 4 is 39.8 Å². The van der Waals surface area contributed by atoms with Gasteiger partial charge in [-0.05, 0) is 24.6 Å². The van der Waals surface area contributed by atoms with E-state index in [1.165, 1.54) is 28.8 Å². The molecule has 0 aliphatic heterocycles. The molecule has 0 bridgehead atoms. The smallest absolute Gasteiger partial charge is 0.308 e. The molecule has 1 amide bonds. The molecule has 1 N–H and O–H groups in total. The Morgan fingerprint density at radius 2 is 2.04 bits per heavy atom. The van der Waals surface area contributed by atoms with E-state index in [0.29, 0.717) is 20.7 Å². The van der Waals surface area contributed by atoms with Crippen LogP contribution < -0.4 is 10.9 Å². The van der Waals surface area contributed by atoms with Crippen LogP contribution in [0.5, 0.6) is 0 Å². The van der Waals surface area contributed by atoms with Gasteiger partial charge in [-0.1, -0.05) is 35.1 Å². The Balaban J connectivity index is 1.67. The largest absolute Gasteiger partial charge is 0.458 e. The molecule has 0 aliphatic rings. The van der Waals surface area contributed by atoms with Gasteiger partial charge in [-0.3, -0.25) is 14.4 Å². The van der Waals surface area contributed by atoms with Gasteiger partial charge in [-0.15, -0.1) is 0 Å². The SMILES string of the molecule is CC(=O)NC(CC(=O)OCc1nn2c(=O)cc(C)nc2s1)c1ccc(Cl)cc1. The lowest BCUT2D eigenvalue weighted by Crippen LogP contribution is -2.28. The van der Waals surface area contributed by atoms with Crippen LogP contribution in [0.1, 0.15) is 35.7 Å². The fraction of sp³-hybridized carbons (Fsp3) is 0.278. The number of benzene rings is 1. The Hall–Kier alpha value is -2.78. The molecule has 8 nitrogen and oxygen atoms in total. The van der Waals surface area contributed by atoms with Crippen molar-refractivity contribution in [2.24, 2.45) is 0 Å². The van der Waals surface area contributed by atoms with Crippen molar-refractivity contribution in [3.05, 3.63) is 62.0 Å². The fourth-order valence-corrected chi connectivity index (χ4v) is 3.56. The lowest BCUT2D eigenvalue weighted by molar-refractivity contribution is -0.145. The van der Waals surface area contributed by atoms with Gasteiger partial charge in [-0.25, -0.2) is 4.98 Å². The Bertz CT molecular complexity index is 1080. The van der Waals surface area contributed by atoms with Crippen molar-refractivity contribution < 1.29 is 14.3 Å². The monoisotopic (exact) mass is 420 g/mol. The number of amides is 1. The van der Waals surface area contributed by atoms with Gasteiger partial charge in [0.2, 0.25) is 10.9 Å². The molecule has 28 heavy (non-hydrogen) atoms. The average Bonchev–Trinajstić information content (AvgIpc) is 3.03. The van der Waals surface area contributed by atoms with Crippen LogP contribution in [0.15, 0.2) is 35.1 Å². The predicted octanol–water partition coefficient (Wildman–Crippen LogP) is 2.42. The summed E-state index contributed by atoms with van der Waals surface area (Å²) in [6.07, 6.45) is -0.0522. The number of hydrogen-bond acceptors (Lipinski definition) is 7. The average molecular weight is 421 g/mol. The minimum Gasteiger partial charge on any atom is -0.458 e. The van der Waals surface area contributed by atoms with Crippen molar-refractivity contribution in [3.8, 4) is 0 Å². The highest BCUT2D eigenvalue weighted by molar-refractivity contribution is 7.16. The van der Waals surface area contributed by atoms with Gasteiger partial charge in [0, 0.05) is 23.7 Å². The quantitative estimate of drug-likeness (QED) is 0.614. The lowest BCUT2D eigenvalue weighted by atomic mass is 10.0. The van der Waals surface area contributed by atoms with Crippen LogP contribution in [0.3, 0.4) is 0 Å². The van der Waals surface area contributed by atoms with E-state index in [0.717, 1.165) is 5.56 Å². The van der Waals surface area contributed by atoms with Crippen LogP contribution in [-0.2, 0) is 20.9 Å². The number of fused-ring (bicyclic) bond motifs is 1. The second-order valence-corrected chi connectivity index (χ2v) is 7.57. The molecule has 146 valence electrons. The maximum atomic E-state index is 12.3. The van der Waals surface area contributed by atoms with Crippen LogP contribution in [0, 0.1) is 6.92 Å². The fourth-order valence-electron chi connectivity index (χ4n) is 2.58. The van der Waals surface area contributed by atoms with Crippen molar-refractivity contribution in [1.29, 1.82) is 0 Å². The minimum absolute atomic E-state index is 0.0522. The molecule has 3 aromatic rings. The number of nitrogens with one attached hydrogen (secondary N) is 1. The molecule has 2 heterocycles. The normalized spacial score (nSPS) is 12.0. The molecule has 3 rings (SSSR count). The van der Waals surface area contributed by atoms with E-state index in [4.69, 9.17) is 16.3 Å². The summed E-state index contributed by atoms with van der Waals surface area (Å²) in [6.45, 7) is 3.01. The number of aryl methyl sites for hydroxylation is 1. The van der Waals surface area contributed by atoms with E-state index in [1.807, 2.05) is 0 Å². The van der Waals surface area contributed by atoms with Crippen LogP contribution in [0.4, 0.5) is 0 Å². The highest BCUT2D eigenvalue weighted by atomic mass is 35.5. The van der Waals surface area contributed by atoms with E-state index < -0.39 is 12.0 Å². The van der Waals surface area contributed by atoms with Gasteiger partial charge in [0.25, 0.3) is 5.56 Å². The summed E-state index contributed by atoms with van der Waals surface area (Å²) in [7, 11) is 0. The van der Waals surface area contributed by atoms with Crippen LogP contribution in [0.25, 0.3) is 4.96 Å². The summed E-state index contributed by atoms with van der Waals surface area (Å²) in [5.74, 6) is -0.774. The standard InChI is InChI=1S/C18H17ClN4O4S/c1-10-7-16(25)23-18(20-10)28-15(22-23)9-27-17(26)8-14(21-11(2)24)12-3-5-13(19)6-4-12/h3-7,14H,8-9H2,1-2H3,(H,21,24). The molecule has 0 fully saturated rings. The third kappa shape index (κ3) is 4.93. The Morgan fingerprint density at radius 3 is 2.71 bits per heavy atom. The number of hydrogen-bond donors (Lipinski definition) is 1. The molecule has 0 aliphatic carbocycles. The zero-order valence-electron chi connectivity index (χ0n) is 15.1. The minimum atomic E-state index is -0.537. The maximum Gasteiger partial charge on any atom is 0.308 e. The first kappa shape index (κ1) is 20.0. The Labute approximate surface area is 169 Å². The summed E-state index contributed by atoms with van der Waals surface area (Å²) >= 11 is 7.06. The zero-order chi connectivity index (χ0) is 20.3. The summed E-state index contributed by atoms with van der Waals surface area (Å²) in [6, 6.07) is 7.70. The third-order valence-electron chi connectivity index (χ3n) is 3.79.